The van der Waals surface area contributed by atoms with E-state index < -0.39 is 0 Å². The van der Waals surface area contributed by atoms with E-state index in [9.17, 15) is 0 Å². The van der Waals surface area contributed by atoms with Gasteiger partial charge in [0.1, 0.15) is 57.5 Å². The van der Waals surface area contributed by atoms with Crippen LogP contribution in [0.25, 0.3) is 0 Å². The van der Waals surface area contributed by atoms with E-state index in [4.69, 9.17) is 35.2 Å². The Morgan fingerprint density at radius 1 is 0.256 bits per heavy atom. The molecule has 6 aromatic carbocycles. The summed E-state index contributed by atoms with van der Waals surface area (Å²) in [5.41, 5.74) is 13.0. The van der Waals surface area contributed by atoms with Crippen LogP contribution >= 0.6 is 0 Å². The summed E-state index contributed by atoms with van der Waals surface area (Å²) >= 11 is 0. The second kappa shape index (κ2) is 12.6. The van der Waals surface area contributed by atoms with Crippen molar-refractivity contribution in [2.24, 2.45) is 0 Å². The fourth-order valence-electron chi connectivity index (χ4n) is 4.19. The Morgan fingerprint density at radius 3 is 0.791 bits per heavy atom. The van der Waals surface area contributed by atoms with Crippen LogP contribution in [0.2, 0.25) is 0 Å². The van der Waals surface area contributed by atoms with Crippen LogP contribution in [0.4, 0.5) is 11.4 Å². The maximum atomic E-state index is 6.01. The van der Waals surface area contributed by atoms with Crippen molar-refractivity contribution in [3.8, 4) is 57.5 Å². The molecule has 0 amide bonds. The van der Waals surface area contributed by atoms with Gasteiger partial charge in [0.15, 0.2) is 0 Å². The normalized spacial score (nSPS) is 10.5. The minimum atomic E-state index is 0.638. The standard InChI is InChI=1S/C36H28N2O5/c37-25-5-1-7-31(21-25)42-35-11-3-9-33(23-35)40-29-17-13-27(14-18-29)39-28-15-19-30(20-16-28)41-34-10-4-12-36(24-34)43-32-8-2-6-26(38)22-32/h1-24H,37-38H2. The molecule has 4 N–H and O–H groups in total. The number of ether oxygens (including phenoxy) is 5. The van der Waals surface area contributed by atoms with Gasteiger partial charge in [0, 0.05) is 35.6 Å². The molecule has 0 spiro atoms. The molecule has 0 aliphatic heterocycles. The Hall–Kier alpha value is -6.08. The number of hydrogen-bond donors (Lipinski definition) is 2. The van der Waals surface area contributed by atoms with Gasteiger partial charge in [-0.1, -0.05) is 24.3 Å². The Labute approximate surface area is 249 Å². The van der Waals surface area contributed by atoms with E-state index in [0.29, 0.717) is 68.9 Å². The summed E-state index contributed by atoms with van der Waals surface area (Å²) in [6.07, 6.45) is 0. The Morgan fingerprint density at radius 2 is 0.488 bits per heavy atom. The molecule has 7 heteroatoms. The van der Waals surface area contributed by atoms with Crippen LogP contribution in [-0.4, -0.2) is 0 Å². The molecule has 0 saturated heterocycles. The molecule has 0 bridgehead atoms. The summed E-state index contributed by atoms with van der Waals surface area (Å²) in [4.78, 5) is 0. The Kier molecular flexibility index (Phi) is 7.95. The van der Waals surface area contributed by atoms with Gasteiger partial charge in [-0.15, -0.1) is 0 Å². The second-order valence-electron chi connectivity index (χ2n) is 9.55. The number of hydrogen-bond acceptors (Lipinski definition) is 7. The van der Waals surface area contributed by atoms with Gasteiger partial charge in [-0.2, -0.15) is 0 Å². The maximum Gasteiger partial charge on any atom is 0.131 e. The molecule has 0 unspecified atom stereocenters. The predicted octanol–water partition coefficient (Wildman–Crippen LogP) is 9.81. The summed E-state index contributed by atoms with van der Waals surface area (Å²) in [6.45, 7) is 0. The molecule has 43 heavy (non-hydrogen) atoms. The van der Waals surface area contributed by atoms with Gasteiger partial charge in [0.25, 0.3) is 0 Å². The van der Waals surface area contributed by atoms with Crippen molar-refractivity contribution in [2.75, 3.05) is 11.5 Å². The molecule has 0 aliphatic rings. The molecular weight excluding hydrogens is 540 g/mol. The SMILES string of the molecule is Nc1cccc(Oc2cccc(Oc3ccc(Oc4ccc(Oc5cccc(Oc6cccc(N)c6)c5)cc4)cc3)c2)c1. The summed E-state index contributed by atoms with van der Waals surface area (Å²) in [6, 6.07) is 44.1. The number of nitrogens with two attached hydrogens (primary N) is 2. The van der Waals surface area contributed by atoms with Crippen molar-refractivity contribution in [1.82, 2.24) is 0 Å². The van der Waals surface area contributed by atoms with E-state index >= 15 is 0 Å². The van der Waals surface area contributed by atoms with Gasteiger partial charge in [-0.3, -0.25) is 0 Å². The highest BCUT2D eigenvalue weighted by Crippen LogP contribution is 2.33. The van der Waals surface area contributed by atoms with E-state index in [1.54, 1.807) is 12.1 Å². The Bertz CT molecular complexity index is 1690. The monoisotopic (exact) mass is 568 g/mol. The first-order chi connectivity index (χ1) is 21.0. The lowest BCUT2D eigenvalue weighted by Gasteiger charge is -2.11. The van der Waals surface area contributed by atoms with Crippen molar-refractivity contribution in [2.45, 2.75) is 0 Å². The quantitative estimate of drug-likeness (QED) is 0.159. The third-order valence-corrected chi connectivity index (χ3v) is 6.15. The van der Waals surface area contributed by atoms with Gasteiger partial charge in [0.05, 0.1) is 0 Å². The van der Waals surface area contributed by atoms with E-state index in [1.807, 2.05) is 133 Å². The number of rotatable bonds is 10. The highest BCUT2D eigenvalue weighted by atomic mass is 16.5. The minimum Gasteiger partial charge on any atom is -0.457 e. The molecular formula is C36H28N2O5. The van der Waals surface area contributed by atoms with E-state index in [0.717, 1.165) is 0 Å². The molecule has 0 fully saturated rings. The molecule has 0 atom stereocenters. The average Bonchev–Trinajstić information content (AvgIpc) is 3.00. The van der Waals surface area contributed by atoms with Crippen molar-refractivity contribution in [1.29, 1.82) is 0 Å². The van der Waals surface area contributed by atoms with Gasteiger partial charge in [-0.05, 0) is 97.1 Å². The van der Waals surface area contributed by atoms with Gasteiger partial charge in [-0.25, -0.2) is 0 Å². The molecule has 6 rings (SSSR count). The molecule has 212 valence electrons. The fourth-order valence-corrected chi connectivity index (χ4v) is 4.19. The largest absolute Gasteiger partial charge is 0.457 e. The van der Waals surface area contributed by atoms with Gasteiger partial charge < -0.3 is 35.2 Å². The highest BCUT2D eigenvalue weighted by molar-refractivity contribution is 5.48. The average molecular weight is 569 g/mol. The number of anilines is 2. The summed E-state index contributed by atoms with van der Waals surface area (Å²) in [5.74, 6) is 6.58. The zero-order valence-corrected chi connectivity index (χ0v) is 23.1. The summed E-state index contributed by atoms with van der Waals surface area (Å²) < 4.78 is 29.8. The van der Waals surface area contributed by atoms with Crippen LogP contribution in [0.3, 0.4) is 0 Å². The molecule has 0 aliphatic carbocycles. The van der Waals surface area contributed by atoms with Crippen LogP contribution in [0.5, 0.6) is 57.5 Å². The van der Waals surface area contributed by atoms with Crippen LogP contribution in [0.1, 0.15) is 0 Å². The first-order valence-corrected chi connectivity index (χ1v) is 13.5. The lowest BCUT2D eigenvalue weighted by molar-refractivity contribution is 0.454. The lowest BCUT2D eigenvalue weighted by atomic mass is 10.3. The van der Waals surface area contributed by atoms with Crippen LogP contribution in [0, 0.1) is 0 Å². The number of benzene rings is 6. The molecule has 0 radical (unpaired) electrons. The summed E-state index contributed by atoms with van der Waals surface area (Å²) in [5, 5.41) is 0. The molecule has 6 aromatic rings. The summed E-state index contributed by atoms with van der Waals surface area (Å²) in [7, 11) is 0. The maximum absolute atomic E-state index is 6.01. The van der Waals surface area contributed by atoms with Crippen LogP contribution in [-0.2, 0) is 0 Å². The van der Waals surface area contributed by atoms with Crippen molar-refractivity contribution in [3.63, 3.8) is 0 Å². The van der Waals surface area contributed by atoms with Crippen molar-refractivity contribution in [3.05, 3.63) is 146 Å². The molecule has 0 heterocycles. The van der Waals surface area contributed by atoms with Crippen LogP contribution < -0.4 is 35.2 Å². The van der Waals surface area contributed by atoms with Crippen LogP contribution in [0.15, 0.2) is 146 Å². The molecule has 0 aromatic heterocycles. The molecule has 0 saturated carbocycles. The smallest absolute Gasteiger partial charge is 0.131 e. The van der Waals surface area contributed by atoms with E-state index in [2.05, 4.69) is 0 Å². The number of nitrogen functional groups attached to an aromatic ring is 2. The minimum absolute atomic E-state index is 0.638. The lowest BCUT2D eigenvalue weighted by Crippen LogP contribution is -1.90. The third-order valence-electron chi connectivity index (χ3n) is 6.15. The third kappa shape index (κ3) is 7.56. The first-order valence-electron chi connectivity index (χ1n) is 13.5. The van der Waals surface area contributed by atoms with Gasteiger partial charge >= 0.3 is 0 Å². The predicted molar refractivity (Wildman–Crippen MR) is 168 cm³/mol. The Balaban J connectivity index is 1.03. The highest BCUT2D eigenvalue weighted by Gasteiger charge is 2.06. The molecule has 7 nitrogen and oxygen atoms in total. The zero-order chi connectivity index (χ0) is 29.4. The van der Waals surface area contributed by atoms with E-state index in [-0.39, 0.29) is 0 Å². The van der Waals surface area contributed by atoms with E-state index in [1.165, 1.54) is 0 Å². The van der Waals surface area contributed by atoms with Crippen molar-refractivity contribution >= 4 is 11.4 Å². The van der Waals surface area contributed by atoms with Crippen molar-refractivity contribution < 1.29 is 23.7 Å². The topological polar surface area (TPSA) is 98.2 Å². The fraction of sp³-hybridized carbons (Fsp3) is 0. The van der Waals surface area contributed by atoms with Gasteiger partial charge in [0.2, 0.25) is 0 Å². The first kappa shape index (κ1) is 27.1. The zero-order valence-electron chi connectivity index (χ0n) is 23.1. The second-order valence-corrected chi connectivity index (χ2v) is 9.55.